The van der Waals surface area contributed by atoms with Crippen molar-refractivity contribution in [2.45, 2.75) is 31.8 Å². The molecule has 3 rings (SSSR count). The SMILES string of the molecule is COc1cc(F)c(/C=C/c2c(Cl)cccc2Cl)cc1OC1CCCC1. The minimum Gasteiger partial charge on any atom is -0.493 e. The van der Waals surface area contributed by atoms with Gasteiger partial charge in [-0.05, 0) is 43.9 Å². The Kier molecular flexibility index (Phi) is 5.87. The molecule has 5 heteroatoms. The Labute approximate surface area is 157 Å². The molecule has 25 heavy (non-hydrogen) atoms. The van der Waals surface area contributed by atoms with Gasteiger partial charge in [0, 0.05) is 27.2 Å². The molecule has 0 amide bonds. The molecule has 0 aliphatic heterocycles. The van der Waals surface area contributed by atoms with Crippen molar-refractivity contribution in [1.82, 2.24) is 0 Å². The molecule has 0 N–H and O–H groups in total. The van der Waals surface area contributed by atoms with Crippen molar-refractivity contribution in [3.05, 3.63) is 57.3 Å². The summed E-state index contributed by atoms with van der Waals surface area (Å²) in [4.78, 5) is 0. The molecule has 1 fully saturated rings. The third-order valence-corrected chi connectivity index (χ3v) is 4.97. The summed E-state index contributed by atoms with van der Waals surface area (Å²) in [6.07, 6.45) is 7.85. The Balaban J connectivity index is 1.91. The van der Waals surface area contributed by atoms with Crippen molar-refractivity contribution < 1.29 is 13.9 Å². The van der Waals surface area contributed by atoms with Crippen molar-refractivity contribution in [1.29, 1.82) is 0 Å². The smallest absolute Gasteiger partial charge is 0.163 e. The summed E-state index contributed by atoms with van der Waals surface area (Å²) in [7, 11) is 1.51. The van der Waals surface area contributed by atoms with Gasteiger partial charge in [0.15, 0.2) is 11.5 Å². The fourth-order valence-corrected chi connectivity index (χ4v) is 3.48. The molecular weight excluding hydrogens is 362 g/mol. The van der Waals surface area contributed by atoms with Gasteiger partial charge in [0.25, 0.3) is 0 Å². The summed E-state index contributed by atoms with van der Waals surface area (Å²) in [5, 5.41) is 1.03. The summed E-state index contributed by atoms with van der Waals surface area (Å²) in [5.41, 5.74) is 1.05. The maximum atomic E-state index is 14.4. The summed E-state index contributed by atoms with van der Waals surface area (Å²) in [6.45, 7) is 0. The molecule has 0 aromatic heterocycles. The molecule has 2 nitrogen and oxygen atoms in total. The third kappa shape index (κ3) is 4.28. The van der Waals surface area contributed by atoms with E-state index in [1.54, 1.807) is 36.4 Å². The van der Waals surface area contributed by atoms with Gasteiger partial charge >= 0.3 is 0 Å². The Morgan fingerprint density at radius 2 is 1.72 bits per heavy atom. The highest BCUT2D eigenvalue weighted by atomic mass is 35.5. The Hall–Kier alpha value is -1.71. The van der Waals surface area contributed by atoms with Gasteiger partial charge in [0.05, 0.1) is 13.2 Å². The number of hydrogen-bond acceptors (Lipinski definition) is 2. The highest BCUT2D eigenvalue weighted by Crippen LogP contribution is 2.35. The van der Waals surface area contributed by atoms with Crippen molar-refractivity contribution in [2.24, 2.45) is 0 Å². The lowest BCUT2D eigenvalue weighted by Crippen LogP contribution is -2.11. The van der Waals surface area contributed by atoms with Gasteiger partial charge in [0.1, 0.15) is 5.82 Å². The Morgan fingerprint density at radius 3 is 2.36 bits per heavy atom. The lowest BCUT2D eigenvalue weighted by molar-refractivity contribution is 0.200. The molecule has 1 aliphatic carbocycles. The predicted molar refractivity (Wildman–Crippen MR) is 101 cm³/mol. The lowest BCUT2D eigenvalue weighted by Gasteiger charge is -2.16. The maximum absolute atomic E-state index is 14.4. The van der Waals surface area contributed by atoms with Crippen molar-refractivity contribution in [2.75, 3.05) is 7.11 Å². The summed E-state index contributed by atoms with van der Waals surface area (Å²) < 4.78 is 25.7. The fourth-order valence-electron chi connectivity index (χ4n) is 2.96. The number of benzene rings is 2. The number of halogens is 3. The minimum atomic E-state index is -0.393. The van der Waals surface area contributed by atoms with E-state index in [1.165, 1.54) is 13.2 Å². The van der Waals surface area contributed by atoms with E-state index in [9.17, 15) is 4.39 Å². The van der Waals surface area contributed by atoms with Crippen LogP contribution in [0.3, 0.4) is 0 Å². The molecule has 0 bridgehead atoms. The van der Waals surface area contributed by atoms with Gasteiger partial charge in [-0.3, -0.25) is 0 Å². The van der Waals surface area contributed by atoms with E-state index < -0.39 is 5.82 Å². The van der Waals surface area contributed by atoms with Crippen LogP contribution < -0.4 is 9.47 Å². The van der Waals surface area contributed by atoms with Gasteiger partial charge < -0.3 is 9.47 Å². The van der Waals surface area contributed by atoms with Gasteiger partial charge in [-0.25, -0.2) is 4.39 Å². The largest absolute Gasteiger partial charge is 0.493 e. The van der Waals surface area contributed by atoms with Crippen LogP contribution in [0.15, 0.2) is 30.3 Å². The molecule has 0 atom stereocenters. The highest BCUT2D eigenvalue weighted by Gasteiger charge is 2.19. The van der Waals surface area contributed by atoms with E-state index in [0.29, 0.717) is 32.7 Å². The molecule has 2 aromatic carbocycles. The monoisotopic (exact) mass is 380 g/mol. The first-order valence-corrected chi connectivity index (χ1v) is 9.00. The molecule has 0 heterocycles. The quantitative estimate of drug-likeness (QED) is 0.541. The molecular formula is C20H19Cl2FO2. The van der Waals surface area contributed by atoms with Crippen LogP contribution in [0.2, 0.25) is 10.0 Å². The summed E-state index contributed by atoms with van der Waals surface area (Å²) in [6, 6.07) is 8.26. The zero-order valence-electron chi connectivity index (χ0n) is 13.9. The van der Waals surface area contributed by atoms with Crippen LogP contribution in [0, 0.1) is 5.82 Å². The average molecular weight is 381 g/mol. The number of hydrogen-bond donors (Lipinski definition) is 0. The average Bonchev–Trinajstić information content (AvgIpc) is 3.09. The third-order valence-electron chi connectivity index (χ3n) is 4.31. The van der Waals surface area contributed by atoms with Crippen LogP contribution in [0.25, 0.3) is 12.2 Å². The van der Waals surface area contributed by atoms with E-state index in [0.717, 1.165) is 25.7 Å². The molecule has 0 saturated heterocycles. The van der Waals surface area contributed by atoms with E-state index in [2.05, 4.69) is 0 Å². The number of methoxy groups -OCH3 is 1. The van der Waals surface area contributed by atoms with E-state index in [4.69, 9.17) is 32.7 Å². The van der Waals surface area contributed by atoms with Gasteiger partial charge in [-0.15, -0.1) is 0 Å². The van der Waals surface area contributed by atoms with Crippen molar-refractivity contribution in [3.8, 4) is 11.5 Å². The second-order valence-corrected chi connectivity index (χ2v) is 6.83. The molecule has 0 unspecified atom stereocenters. The normalized spacial score (nSPS) is 15.0. The fraction of sp³-hybridized carbons (Fsp3) is 0.300. The van der Waals surface area contributed by atoms with Gasteiger partial charge in [-0.2, -0.15) is 0 Å². The molecule has 2 aromatic rings. The first-order valence-electron chi connectivity index (χ1n) is 8.25. The van der Waals surface area contributed by atoms with Crippen molar-refractivity contribution in [3.63, 3.8) is 0 Å². The Bertz CT molecular complexity index is 763. The van der Waals surface area contributed by atoms with Crippen molar-refractivity contribution >= 4 is 35.4 Å². The molecule has 1 saturated carbocycles. The first-order chi connectivity index (χ1) is 12.1. The topological polar surface area (TPSA) is 18.5 Å². The maximum Gasteiger partial charge on any atom is 0.163 e. The second-order valence-electron chi connectivity index (χ2n) is 6.02. The van der Waals surface area contributed by atoms with E-state index in [-0.39, 0.29) is 6.10 Å². The number of ether oxygens (including phenoxy) is 2. The minimum absolute atomic E-state index is 0.161. The summed E-state index contributed by atoms with van der Waals surface area (Å²) in [5.74, 6) is 0.563. The van der Waals surface area contributed by atoms with Crippen LogP contribution >= 0.6 is 23.2 Å². The van der Waals surface area contributed by atoms with Gasteiger partial charge in [0.2, 0.25) is 0 Å². The second kappa shape index (κ2) is 8.11. The van der Waals surface area contributed by atoms with Crippen LogP contribution in [0.1, 0.15) is 36.8 Å². The molecule has 0 spiro atoms. The predicted octanol–water partition coefficient (Wildman–Crippen LogP) is 6.63. The zero-order valence-corrected chi connectivity index (χ0v) is 15.4. The molecule has 1 aliphatic rings. The first kappa shape index (κ1) is 18.1. The van der Waals surface area contributed by atoms with Crippen LogP contribution in [-0.2, 0) is 0 Å². The van der Waals surface area contributed by atoms with E-state index in [1.807, 2.05) is 0 Å². The Morgan fingerprint density at radius 1 is 1.04 bits per heavy atom. The summed E-state index contributed by atoms with van der Waals surface area (Å²) >= 11 is 12.3. The van der Waals surface area contributed by atoms with E-state index >= 15 is 0 Å². The van der Waals surface area contributed by atoms with Crippen LogP contribution in [0.4, 0.5) is 4.39 Å². The standard InChI is InChI=1S/C20H19Cl2FO2/c1-24-19-12-18(23)13(11-20(19)25-14-5-2-3-6-14)9-10-15-16(21)7-4-8-17(15)22/h4,7-12,14H,2-3,5-6H2,1H3/b10-9+. The molecule has 132 valence electrons. The number of rotatable bonds is 5. The zero-order chi connectivity index (χ0) is 17.8. The molecule has 0 radical (unpaired) electrons. The lowest BCUT2D eigenvalue weighted by atomic mass is 10.1. The van der Waals surface area contributed by atoms with Crippen LogP contribution in [-0.4, -0.2) is 13.2 Å². The van der Waals surface area contributed by atoms with Gasteiger partial charge in [-0.1, -0.05) is 41.4 Å². The van der Waals surface area contributed by atoms with Crippen LogP contribution in [0.5, 0.6) is 11.5 Å². The highest BCUT2D eigenvalue weighted by molar-refractivity contribution is 6.37.